The van der Waals surface area contributed by atoms with Gasteiger partial charge in [-0.15, -0.1) is 11.3 Å². The van der Waals surface area contributed by atoms with Crippen LogP contribution in [0.15, 0.2) is 5.51 Å². The predicted molar refractivity (Wildman–Crippen MR) is 77.7 cm³/mol. The highest BCUT2D eigenvalue weighted by molar-refractivity contribution is 7.09. The highest BCUT2D eigenvalue weighted by atomic mass is 32.1. The van der Waals surface area contributed by atoms with Crippen LogP contribution in [0.2, 0.25) is 0 Å². The van der Waals surface area contributed by atoms with Crippen molar-refractivity contribution in [1.29, 1.82) is 0 Å². The number of nitrogens with zero attached hydrogens (tertiary/aromatic N) is 1. The molecule has 2 rings (SSSR count). The molecule has 110 valence electrons. The first-order valence-corrected chi connectivity index (χ1v) is 8.07. The Labute approximate surface area is 123 Å². The summed E-state index contributed by atoms with van der Waals surface area (Å²) in [5.41, 5.74) is 1.90. The van der Waals surface area contributed by atoms with E-state index in [-0.39, 0.29) is 11.8 Å². The van der Waals surface area contributed by atoms with Crippen LogP contribution in [0.4, 0.5) is 0 Å². The summed E-state index contributed by atoms with van der Waals surface area (Å²) in [5.74, 6) is -0.267. The van der Waals surface area contributed by atoms with Crippen LogP contribution in [-0.4, -0.2) is 23.3 Å². The number of thiazole rings is 1. The maximum Gasteiger partial charge on any atom is 0.319 e. The van der Waals surface area contributed by atoms with Crippen molar-refractivity contribution in [3.05, 3.63) is 16.1 Å². The molecule has 0 aliphatic heterocycles. The van der Waals surface area contributed by atoms with Gasteiger partial charge >= 0.3 is 5.97 Å². The van der Waals surface area contributed by atoms with Crippen LogP contribution in [-0.2, 0) is 20.7 Å². The summed E-state index contributed by atoms with van der Waals surface area (Å²) in [6.07, 6.45) is 4.21. The molecule has 5 heteroatoms. The number of hydrogen-bond donors (Lipinski definition) is 0. The summed E-state index contributed by atoms with van der Waals surface area (Å²) in [6.45, 7) is 4.07. The van der Waals surface area contributed by atoms with Gasteiger partial charge in [0.05, 0.1) is 17.8 Å². The van der Waals surface area contributed by atoms with E-state index in [0.717, 1.165) is 29.8 Å². The summed E-state index contributed by atoms with van der Waals surface area (Å²) >= 11 is 1.59. The van der Waals surface area contributed by atoms with Crippen LogP contribution in [0.1, 0.15) is 49.6 Å². The molecule has 1 fully saturated rings. The lowest BCUT2D eigenvalue weighted by Gasteiger charge is -2.33. The number of rotatable bonds is 5. The largest absolute Gasteiger partial charge is 0.465 e. The summed E-state index contributed by atoms with van der Waals surface area (Å²) in [5, 5.41) is 0. The molecule has 20 heavy (non-hydrogen) atoms. The zero-order valence-corrected chi connectivity index (χ0v) is 12.9. The molecule has 1 unspecified atom stereocenters. The number of aryl methyl sites for hydroxylation is 2. The molecule has 1 aromatic heterocycles. The van der Waals surface area contributed by atoms with E-state index >= 15 is 0 Å². The molecule has 1 aliphatic rings. The molecule has 0 spiro atoms. The molecular weight excluding hydrogens is 274 g/mol. The highest BCUT2D eigenvalue weighted by Crippen LogP contribution is 2.39. The Morgan fingerprint density at radius 3 is 2.90 bits per heavy atom. The Morgan fingerprint density at radius 2 is 2.30 bits per heavy atom. The first-order chi connectivity index (χ1) is 9.60. The number of carbonyl (C=O) groups excluding carboxylic acids is 2. The minimum Gasteiger partial charge on any atom is -0.465 e. The van der Waals surface area contributed by atoms with E-state index < -0.39 is 5.41 Å². The average Bonchev–Trinajstić information content (AvgIpc) is 2.84. The summed E-state index contributed by atoms with van der Waals surface area (Å²) in [7, 11) is 0. The highest BCUT2D eigenvalue weighted by Gasteiger charge is 2.47. The molecule has 0 bridgehead atoms. The number of Topliss-reactive ketones (excluding diaryl/α,β-unsaturated/α-hetero) is 1. The third-order valence-corrected chi connectivity index (χ3v) is 5.08. The number of hydrogen-bond acceptors (Lipinski definition) is 5. The minimum absolute atomic E-state index is 0.0596. The third-order valence-electron chi connectivity index (χ3n) is 4.08. The molecular formula is C15H21NO3S. The fraction of sp³-hybridized carbons (Fsp3) is 0.667. The molecule has 0 amide bonds. The van der Waals surface area contributed by atoms with E-state index in [4.69, 9.17) is 4.74 Å². The van der Waals surface area contributed by atoms with Crippen molar-refractivity contribution in [3.8, 4) is 0 Å². The van der Waals surface area contributed by atoms with Gasteiger partial charge in [-0.25, -0.2) is 4.98 Å². The van der Waals surface area contributed by atoms with Crippen molar-refractivity contribution in [2.24, 2.45) is 5.41 Å². The van der Waals surface area contributed by atoms with Crippen molar-refractivity contribution in [3.63, 3.8) is 0 Å². The lowest BCUT2D eigenvalue weighted by molar-refractivity contribution is -0.162. The van der Waals surface area contributed by atoms with Crippen LogP contribution >= 0.6 is 11.3 Å². The predicted octanol–water partition coefficient (Wildman–Crippen LogP) is 3.08. The van der Waals surface area contributed by atoms with E-state index in [1.165, 1.54) is 0 Å². The Kier molecular flexibility index (Phi) is 4.91. The number of aromatic nitrogens is 1. The van der Waals surface area contributed by atoms with E-state index in [1.54, 1.807) is 18.3 Å². The number of esters is 1. The maximum absolute atomic E-state index is 12.4. The quantitative estimate of drug-likeness (QED) is 0.619. The number of carbonyl (C=O) groups is 2. The van der Waals surface area contributed by atoms with Gasteiger partial charge in [0.2, 0.25) is 0 Å². The smallest absolute Gasteiger partial charge is 0.319 e. The standard InChI is InChI=1S/C15H21NO3S/c1-3-19-14(18)15(8-5-4-6-13(15)17)9-7-12-11(2)16-10-20-12/h10H,3-9H2,1-2H3. The second kappa shape index (κ2) is 6.48. The molecule has 1 heterocycles. The lowest BCUT2D eigenvalue weighted by atomic mass is 9.70. The molecule has 4 nitrogen and oxygen atoms in total. The molecule has 1 aliphatic carbocycles. The van der Waals surface area contributed by atoms with Crippen molar-refractivity contribution in [2.45, 2.75) is 52.4 Å². The zero-order chi connectivity index (χ0) is 14.6. The SMILES string of the molecule is CCOC(=O)C1(CCc2scnc2C)CCCCC1=O. The monoisotopic (exact) mass is 295 g/mol. The van der Waals surface area contributed by atoms with Crippen molar-refractivity contribution in [1.82, 2.24) is 4.98 Å². The molecule has 1 atom stereocenters. The average molecular weight is 295 g/mol. The van der Waals surface area contributed by atoms with Gasteiger partial charge in [0.25, 0.3) is 0 Å². The summed E-state index contributed by atoms with van der Waals surface area (Å²) in [6, 6.07) is 0. The van der Waals surface area contributed by atoms with Crippen molar-refractivity contribution >= 4 is 23.1 Å². The van der Waals surface area contributed by atoms with Gasteiger partial charge in [-0.3, -0.25) is 9.59 Å². The van der Waals surface area contributed by atoms with Crippen molar-refractivity contribution < 1.29 is 14.3 Å². The molecule has 0 aromatic carbocycles. The Balaban J connectivity index is 2.16. The van der Waals surface area contributed by atoms with Gasteiger partial charge in [-0.1, -0.05) is 6.42 Å². The summed E-state index contributed by atoms with van der Waals surface area (Å²) in [4.78, 5) is 30.1. The van der Waals surface area contributed by atoms with Gasteiger partial charge in [-0.05, 0) is 39.5 Å². The first kappa shape index (κ1) is 15.2. The van der Waals surface area contributed by atoms with E-state index in [2.05, 4.69) is 4.98 Å². The fourth-order valence-electron chi connectivity index (χ4n) is 2.84. The van der Waals surface area contributed by atoms with Crippen LogP contribution in [0.3, 0.4) is 0 Å². The van der Waals surface area contributed by atoms with Gasteiger partial charge in [-0.2, -0.15) is 0 Å². The van der Waals surface area contributed by atoms with Crippen molar-refractivity contribution in [2.75, 3.05) is 6.61 Å². The second-order valence-corrected chi connectivity index (χ2v) is 6.23. The van der Waals surface area contributed by atoms with Gasteiger partial charge in [0, 0.05) is 11.3 Å². The van der Waals surface area contributed by atoms with E-state index in [0.29, 0.717) is 25.9 Å². The molecule has 0 radical (unpaired) electrons. The molecule has 0 N–H and O–H groups in total. The normalized spacial score (nSPS) is 22.8. The van der Waals surface area contributed by atoms with Gasteiger partial charge < -0.3 is 4.74 Å². The van der Waals surface area contributed by atoms with Crippen LogP contribution in [0.25, 0.3) is 0 Å². The molecule has 1 saturated carbocycles. The van der Waals surface area contributed by atoms with Crippen LogP contribution in [0.5, 0.6) is 0 Å². The Hall–Kier alpha value is -1.23. The first-order valence-electron chi connectivity index (χ1n) is 7.19. The fourth-order valence-corrected chi connectivity index (χ4v) is 3.62. The van der Waals surface area contributed by atoms with Gasteiger partial charge in [0.15, 0.2) is 0 Å². The van der Waals surface area contributed by atoms with E-state index in [1.807, 2.05) is 12.4 Å². The third kappa shape index (κ3) is 2.92. The lowest BCUT2D eigenvalue weighted by Crippen LogP contribution is -2.43. The molecule has 0 saturated heterocycles. The molecule has 1 aromatic rings. The minimum atomic E-state index is -0.912. The zero-order valence-electron chi connectivity index (χ0n) is 12.1. The Morgan fingerprint density at radius 1 is 1.50 bits per heavy atom. The topological polar surface area (TPSA) is 56.3 Å². The summed E-state index contributed by atoms with van der Waals surface area (Å²) < 4.78 is 5.18. The maximum atomic E-state index is 12.4. The van der Waals surface area contributed by atoms with Crippen LogP contribution in [0, 0.1) is 12.3 Å². The number of ether oxygens (including phenoxy) is 1. The van der Waals surface area contributed by atoms with E-state index in [9.17, 15) is 9.59 Å². The van der Waals surface area contributed by atoms with Crippen LogP contribution < -0.4 is 0 Å². The second-order valence-electron chi connectivity index (χ2n) is 5.29. The Bertz CT molecular complexity index is 497. The number of ketones is 1. The van der Waals surface area contributed by atoms with Gasteiger partial charge in [0.1, 0.15) is 11.2 Å².